The quantitative estimate of drug-likeness (QED) is 0.278. The zero-order chi connectivity index (χ0) is 28.3. The highest BCUT2D eigenvalue weighted by molar-refractivity contribution is 5.94. The van der Waals surface area contributed by atoms with Gasteiger partial charge < -0.3 is 30.9 Å². The molecular formula is C27H41N5O6. The number of esters is 1. The molecule has 11 heteroatoms. The van der Waals surface area contributed by atoms with Gasteiger partial charge in [0.25, 0.3) is 0 Å². The summed E-state index contributed by atoms with van der Waals surface area (Å²) in [4.78, 5) is 61.0. The molecule has 2 aliphatic rings. The van der Waals surface area contributed by atoms with Gasteiger partial charge in [-0.3, -0.25) is 24.0 Å². The summed E-state index contributed by atoms with van der Waals surface area (Å²) in [7, 11) is 1.68. The molecule has 2 fully saturated rings. The van der Waals surface area contributed by atoms with Crippen molar-refractivity contribution in [3.8, 4) is 0 Å². The largest absolute Gasteiger partial charge is 0.466 e. The molecular weight excluding hydrogens is 490 g/mol. The molecule has 0 radical (unpaired) electrons. The molecule has 0 spiro atoms. The lowest BCUT2D eigenvalue weighted by molar-refractivity contribution is -0.144. The van der Waals surface area contributed by atoms with Crippen LogP contribution < -0.4 is 21.3 Å². The summed E-state index contributed by atoms with van der Waals surface area (Å²) >= 11 is 0. The van der Waals surface area contributed by atoms with E-state index in [1.165, 1.54) is 0 Å². The van der Waals surface area contributed by atoms with Crippen molar-refractivity contribution in [1.29, 1.82) is 0 Å². The maximum absolute atomic E-state index is 13.4. The Hall–Kier alpha value is -3.47. The number of cyclic esters (lactones) is 1. The predicted molar refractivity (Wildman–Crippen MR) is 143 cm³/mol. The van der Waals surface area contributed by atoms with Gasteiger partial charge in [-0.1, -0.05) is 32.9 Å². The molecule has 4 N–H and O–H groups in total. The van der Waals surface area contributed by atoms with Crippen molar-refractivity contribution in [1.82, 2.24) is 20.9 Å². The fraction of sp³-hybridized carbons (Fsp3) is 0.593. The number of nitrogens with one attached hydrogen (secondary N) is 4. The Bertz CT molecular complexity index is 984. The Morgan fingerprint density at radius 1 is 1.21 bits per heavy atom. The van der Waals surface area contributed by atoms with Crippen molar-refractivity contribution < 1.29 is 28.7 Å². The van der Waals surface area contributed by atoms with E-state index < -0.39 is 23.5 Å². The van der Waals surface area contributed by atoms with Crippen LogP contribution in [0.1, 0.15) is 58.9 Å². The normalized spacial score (nSPS) is 18.4. The van der Waals surface area contributed by atoms with E-state index in [2.05, 4.69) is 26.0 Å². The number of ether oxygens (including phenoxy) is 1. The lowest BCUT2D eigenvalue weighted by Crippen LogP contribution is -2.59. The van der Waals surface area contributed by atoms with Crippen LogP contribution in [-0.4, -0.2) is 73.3 Å². The SMILES string of the molecule is CNC(C)C(=O)NC(C(=O)N1CCCC1C(=O)NCc1cccc(NC=O)c1)C(C)(C)C.O=C1CCCO1. The molecule has 3 atom stereocenters. The maximum Gasteiger partial charge on any atom is 0.305 e. The van der Waals surface area contributed by atoms with Gasteiger partial charge in [0, 0.05) is 25.2 Å². The minimum atomic E-state index is -0.745. The Labute approximate surface area is 224 Å². The fourth-order valence-electron chi connectivity index (χ4n) is 4.14. The van der Waals surface area contributed by atoms with E-state index >= 15 is 0 Å². The van der Waals surface area contributed by atoms with E-state index in [-0.39, 0.29) is 30.2 Å². The number of hydrogen-bond donors (Lipinski definition) is 4. The number of likely N-dealkylation sites (tertiary alicyclic amines) is 1. The van der Waals surface area contributed by atoms with Crippen LogP contribution in [0.2, 0.25) is 0 Å². The summed E-state index contributed by atoms with van der Waals surface area (Å²) in [5.41, 5.74) is 0.960. The van der Waals surface area contributed by atoms with Crippen molar-refractivity contribution in [2.45, 2.75) is 78.0 Å². The number of benzene rings is 1. The summed E-state index contributed by atoms with van der Waals surface area (Å²) in [5.74, 6) is -0.782. The van der Waals surface area contributed by atoms with E-state index in [0.29, 0.717) is 38.1 Å². The molecule has 1 aromatic rings. The van der Waals surface area contributed by atoms with Crippen LogP contribution in [0.25, 0.3) is 0 Å². The first-order valence-electron chi connectivity index (χ1n) is 13.0. The van der Waals surface area contributed by atoms with Crippen molar-refractivity contribution in [2.24, 2.45) is 5.41 Å². The molecule has 0 aliphatic carbocycles. The van der Waals surface area contributed by atoms with Gasteiger partial charge >= 0.3 is 5.97 Å². The number of rotatable bonds is 9. The van der Waals surface area contributed by atoms with E-state index in [4.69, 9.17) is 0 Å². The number of carbonyl (C=O) groups is 5. The predicted octanol–water partition coefficient (Wildman–Crippen LogP) is 1.32. The van der Waals surface area contributed by atoms with Gasteiger partial charge in [0.2, 0.25) is 24.1 Å². The Morgan fingerprint density at radius 2 is 1.95 bits per heavy atom. The number of carbonyl (C=O) groups excluding carboxylic acids is 5. The first-order valence-corrected chi connectivity index (χ1v) is 13.0. The topological polar surface area (TPSA) is 146 Å². The summed E-state index contributed by atoms with van der Waals surface area (Å²) in [6.07, 6.45) is 3.43. The van der Waals surface area contributed by atoms with Crippen LogP contribution in [0, 0.1) is 5.41 Å². The van der Waals surface area contributed by atoms with Crippen LogP contribution in [0.3, 0.4) is 0 Å². The van der Waals surface area contributed by atoms with Crippen LogP contribution >= 0.6 is 0 Å². The molecule has 0 saturated carbocycles. The first-order chi connectivity index (χ1) is 18.0. The van der Waals surface area contributed by atoms with Crippen LogP contribution in [0.5, 0.6) is 0 Å². The third-order valence-corrected chi connectivity index (χ3v) is 6.47. The molecule has 4 amide bonds. The minimum absolute atomic E-state index is 0.0463. The average molecular weight is 532 g/mol. The van der Waals surface area contributed by atoms with Gasteiger partial charge in [0.15, 0.2) is 0 Å². The Balaban J connectivity index is 0.000000739. The highest BCUT2D eigenvalue weighted by atomic mass is 16.5. The zero-order valence-corrected chi connectivity index (χ0v) is 23.0. The van der Waals surface area contributed by atoms with Gasteiger partial charge in [-0.15, -0.1) is 0 Å². The van der Waals surface area contributed by atoms with Crippen LogP contribution in [0.4, 0.5) is 5.69 Å². The zero-order valence-electron chi connectivity index (χ0n) is 23.0. The molecule has 3 unspecified atom stereocenters. The van der Waals surface area contributed by atoms with Crippen LogP contribution in [-0.2, 0) is 35.3 Å². The monoisotopic (exact) mass is 531 g/mol. The average Bonchev–Trinajstić information content (AvgIpc) is 3.57. The fourth-order valence-corrected chi connectivity index (χ4v) is 4.14. The summed E-state index contributed by atoms with van der Waals surface area (Å²) in [6.45, 7) is 8.80. The van der Waals surface area contributed by atoms with E-state index in [1.807, 2.05) is 26.8 Å². The summed E-state index contributed by atoms with van der Waals surface area (Å²) < 4.78 is 4.51. The highest BCUT2D eigenvalue weighted by Gasteiger charge is 2.42. The van der Waals surface area contributed by atoms with Crippen molar-refractivity contribution in [3.05, 3.63) is 29.8 Å². The van der Waals surface area contributed by atoms with Crippen molar-refractivity contribution in [3.63, 3.8) is 0 Å². The van der Waals surface area contributed by atoms with E-state index in [9.17, 15) is 24.0 Å². The Kier molecular flexibility index (Phi) is 11.7. The third kappa shape index (κ3) is 9.13. The molecule has 0 aromatic heterocycles. The minimum Gasteiger partial charge on any atom is -0.466 e. The van der Waals surface area contributed by atoms with Gasteiger partial charge in [-0.05, 0) is 56.3 Å². The first kappa shape index (κ1) is 30.8. The smallest absolute Gasteiger partial charge is 0.305 e. The van der Waals surface area contributed by atoms with Gasteiger partial charge in [-0.2, -0.15) is 0 Å². The lowest BCUT2D eigenvalue weighted by Gasteiger charge is -2.36. The van der Waals surface area contributed by atoms with Gasteiger partial charge in [0.05, 0.1) is 12.6 Å². The number of nitrogens with zero attached hydrogens (tertiary/aromatic N) is 1. The van der Waals surface area contributed by atoms with Crippen molar-refractivity contribution >= 4 is 35.8 Å². The number of amides is 4. The molecule has 2 saturated heterocycles. The standard InChI is InChI=1S/C23H35N5O4.C4H6O2/c1-15(24-5)20(30)27-19(23(2,3)4)22(32)28-11-7-10-18(28)21(31)25-13-16-8-6-9-17(12-16)26-14-29;5-4-2-1-3-6-4/h6,8-9,12,14-15,18-19,24H,7,10-11,13H2,1-5H3,(H,25,31)(H,26,29)(H,27,30);1-3H2. The van der Waals surface area contributed by atoms with Gasteiger partial charge in [-0.25, -0.2) is 0 Å². The second-order valence-electron chi connectivity index (χ2n) is 10.5. The van der Waals surface area contributed by atoms with Gasteiger partial charge in [0.1, 0.15) is 12.1 Å². The molecule has 3 rings (SSSR count). The molecule has 38 heavy (non-hydrogen) atoms. The molecule has 11 nitrogen and oxygen atoms in total. The maximum atomic E-state index is 13.4. The van der Waals surface area contributed by atoms with E-state index in [0.717, 1.165) is 18.4 Å². The molecule has 2 heterocycles. The number of anilines is 1. The molecule has 0 bridgehead atoms. The van der Waals surface area contributed by atoms with E-state index in [1.54, 1.807) is 37.1 Å². The molecule has 1 aromatic carbocycles. The number of likely N-dealkylation sites (N-methyl/N-ethyl adjacent to an activating group) is 1. The molecule has 210 valence electrons. The third-order valence-electron chi connectivity index (χ3n) is 6.47. The molecule has 2 aliphatic heterocycles. The summed E-state index contributed by atoms with van der Waals surface area (Å²) in [6, 6.07) is 5.42. The highest BCUT2D eigenvalue weighted by Crippen LogP contribution is 2.26. The number of hydrogen-bond acceptors (Lipinski definition) is 7. The lowest BCUT2D eigenvalue weighted by atomic mass is 9.85. The second-order valence-corrected chi connectivity index (χ2v) is 10.5. The summed E-state index contributed by atoms with van der Waals surface area (Å²) in [5, 5.41) is 11.2. The second kappa shape index (κ2) is 14.5. The van der Waals surface area contributed by atoms with Crippen LogP contribution in [0.15, 0.2) is 24.3 Å². The Morgan fingerprint density at radius 3 is 2.50 bits per heavy atom. The van der Waals surface area contributed by atoms with Crippen molar-refractivity contribution in [2.75, 3.05) is 25.5 Å².